The van der Waals surface area contributed by atoms with Crippen LogP contribution in [-0.2, 0) is 4.74 Å². The minimum absolute atomic E-state index is 0.338. The molecule has 0 unspecified atom stereocenters. The molecule has 1 fully saturated rings. The van der Waals surface area contributed by atoms with Crippen LogP contribution in [0.2, 0.25) is 0 Å². The standard InChI is InChI=1S/C4H5N3O.C3H6OS.CH4O/c5-3-1-2-6-4(8)7-3;1-2-5-3-4-1;1-2/h1-2H,(H3,5,6,7,8);1-3H2;2H,1H3. The topological polar surface area (TPSA) is 101 Å². The van der Waals surface area contributed by atoms with Gasteiger partial charge >= 0.3 is 5.69 Å². The molecule has 0 radical (unpaired) electrons. The molecule has 1 saturated heterocycles. The number of rotatable bonds is 0. The molecule has 7 heteroatoms. The first-order valence-corrected chi connectivity index (χ1v) is 5.35. The predicted molar refractivity (Wildman–Crippen MR) is 60.7 cm³/mol. The minimum Gasteiger partial charge on any atom is -0.400 e. The zero-order valence-electron chi connectivity index (χ0n) is 8.47. The van der Waals surface area contributed by atoms with E-state index in [-0.39, 0.29) is 0 Å². The van der Waals surface area contributed by atoms with Gasteiger partial charge in [0.2, 0.25) is 0 Å². The van der Waals surface area contributed by atoms with Gasteiger partial charge in [0, 0.05) is 19.1 Å². The molecule has 0 bridgehead atoms. The van der Waals surface area contributed by atoms with Crippen molar-refractivity contribution in [1.82, 2.24) is 9.97 Å². The van der Waals surface area contributed by atoms with Crippen LogP contribution < -0.4 is 11.4 Å². The first-order valence-electron chi connectivity index (χ1n) is 4.20. The number of hydrogen-bond acceptors (Lipinski definition) is 6. The molecule has 0 spiro atoms. The number of H-pyrrole nitrogens is 1. The summed E-state index contributed by atoms with van der Waals surface area (Å²) in [7, 11) is 1.00. The highest BCUT2D eigenvalue weighted by Crippen LogP contribution is 2.06. The number of aliphatic hydroxyl groups excluding tert-OH is 1. The van der Waals surface area contributed by atoms with E-state index in [1.807, 2.05) is 11.8 Å². The van der Waals surface area contributed by atoms with Crippen molar-refractivity contribution in [3.05, 3.63) is 22.7 Å². The number of nitrogen functional groups attached to an aromatic ring is 1. The Morgan fingerprint density at radius 3 is 2.67 bits per heavy atom. The van der Waals surface area contributed by atoms with Gasteiger partial charge < -0.3 is 15.6 Å². The number of anilines is 1. The van der Waals surface area contributed by atoms with E-state index in [0.29, 0.717) is 5.82 Å². The molecule has 1 aliphatic heterocycles. The third-order valence-corrected chi connectivity index (χ3v) is 2.02. The Hall–Kier alpha value is -1.05. The fourth-order valence-electron chi connectivity index (χ4n) is 0.677. The molecule has 4 N–H and O–H groups in total. The Balaban J connectivity index is 0.000000241. The lowest BCUT2D eigenvalue weighted by Gasteiger charge is -1.84. The molecule has 2 rings (SSSR count). The second-order valence-corrected chi connectivity index (χ2v) is 3.32. The van der Waals surface area contributed by atoms with Crippen molar-refractivity contribution in [1.29, 1.82) is 0 Å². The van der Waals surface area contributed by atoms with Gasteiger partial charge in [0.15, 0.2) is 0 Å². The van der Waals surface area contributed by atoms with E-state index in [1.165, 1.54) is 18.0 Å². The number of hydrogen-bond donors (Lipinski definition) is 3. The minimum atomic E-state index is -0.412. The maximum atomic E-state index is 10.2. The average Bonchev–Trinajstić information content (AvgIpc) is 2.78. The molecule has 6 nitrogen and oxygen atoms in total. The highest BCUT2D eigenvalue weighted by molar-refractivity contribution is 7.99. The van der Waals surface area contributed by atoms with E-state index in [4.69, 9.17) is 15.6 Å². The van der Waals surface area contributed by atoms with E-state index in [2.05, 4.69) is 9.97 Å². The highest BCUT2D eigenvalue weighted by atomic mass is 32.2. The van der Waals surface area contributed by atoms with Crippen molar-refractivity contribution in [2.45, 2.75) is 0 Å². The number of aromatic nitrogens is 2. The van der Waals surface area contributed by atoms with Gasteiger partial charge in [0.25, 0.3) is 0 Å². The Bertz CT molecular complexity index is 294. The lowest BCUT2D eigenvalue weighted by atomic mass is 10.6. The Morgan fingerprint density at radius 1 is 1.67 bits per heavy atom. The third-order valence-electron chi connectivity index (χ3n) is 1.24. The van der Waals surface area contributed by atoms with Crippen LogP contribution in [0, 0.1) is 0 Å². The molecule has 0 atom stereocenters. The molecule has 0 saturated carbocycles. The lowest BCUT2D eigenvalue weighted by molar-refractivity contribution is 0.217. The number of aliphatic hydroxyl groups is 1. The zero-order valence-corrected chi connectivity index (χ0v) is 9.29. The molecule has 86 valence electrons. The third kappa shape index (κ3) is 7.98. The number of nitrogens with one attached hydrogen (secondary N) is 1. The molecule has 1 aromatic heterocycles. The Morgan fingerprint density at radius 2 is 2.40 bits per heavy atom. The number of nitrogens with zero attached hydrogens (tertiary/aromatic N) is 1. The van der Waals surface area contributed by atoms with Gasteiger partial charge in [-0.25, -0.2) is 9.78 Å². The van der Waals surface area contributed by atoms with Crippen LogP contribution in [0.5, 0.6) is 0 Å². The van der Waals surface area contributed by atoms with Gasteiger partial charge in [-0.05, 0) is 6.07 Å². The van der Waals surface area contributed by atoms with Crippen LogP contribution in [0.4, 0.5) is 5.82 Å². The van der Waals surface area contributed by atoms with Crippen molar-refractivity contribution < 1.29 is 9.84 Å². The summed E-state index contributed by atoms with van der Waals surface area (Å²) in [5.41, 5.74) is 4.75. The van der Waals surface area contributed by atoms with Gasteiger partial charge in [0.1, 0.15) is 5.82 Å². The second-order valence-electron chi connectivity index (χ2n) is 2.26. The van der Waals surface area contributed by atoms with Gasteiger partial charge in [-0.2, -0.15) is 0 Å². The zero-order chi connectivity index (χ0) is 11.5. The van der Waals surface area contributed by atoms with Crippen LogP contribution in [0.3, 0.4) is 0 Å². The molecular formula is C8H15N3O3S. The monoisotopic (exact) mass is 233 g/mol. The Labute approximate surface area is 91.9 Å². The normalized spacial score (nSPS) is 13.2. The average molecular weight is 233 g/mol. The maximum absolute atomic E-state index is 10.2. The fraction of sp³-hybridized carbons (Fsp3) is 0.500. The van der Waals surface area contributed by atoms with Crippen molar-refractivity contribution >= 4 is 17.6 Å². The van der Waals surface area contributed by atoms with E-state index in [9.17, 15) is 4.79 Å². The summed E-state index contributed by atoms with van der Waals surface area (Å²) < 4.78 is 4.91. The van der Waals surface area contributed by atoms with Crippen molar-refractivity contribution in [3.63, 3.8) is 0 Å². The van der Waals surface area contributed by atoms with Gasteiger partial charge in [-0.1, -0.05) is 0 Å². The number of aromatic amines is 1. The lowest BCUT2D eigenvalue weighted by Crippen LogP contribution is -2.10. The van der Waals surface area contributed by atoms with Gasteiger partial charge in [-0.15, -0.1) is 11.8 Å². The Kier molecular flexibility index (Phi) is 8.84. The SMILES string of the molecule is C1CSCO1.CO.Nc1ccnc(=O)[nH]1. The van der Waals surface area contributed by atoms with E-state index < -0.39 is 5.69 Å². The number of nitrogens with two attached hydrogens (primary N) is 1. The summed E-state index contributed by atoms with van der Waals surface area (Å²) >= 11 is 1.85. The quantitative estimate of drug-likeness (QED) is 0.567. The maximum Gasteiger partial charge on any atom is 0.346 e. The van der Waals surface area contributed by atoms with E-state index >= 15 is 0 Å². The van der Waals surface area contributed by atoms with Gasteiger partial charge in [-0.3, -0.25) is 4.98 Å². The first-order chi connectivity index (χ1) is 7.29. The van der Waals surface area contributed by atoms with Crippen molar-refractivity contribution in [2.75, 3.05) is 31.1 Å². The van der Waals surface area contributed by atoms with Crippen LogP contribution in [0.1, 0.15) is 0 Å². The number of ether oxygens (including phenoxy) is 1. The largest absolute Gasteiger partial charge is 0.400 e. The second kappa shape index (κ2) is 9.50. The highest BCUT2D eigenvalue weighted by Gasteiger charge is 1.94. The molecule has 0 aliphatic carbocycles. The molecule has 0 aromatic carbocycles. The predicted octanol–water partition coefficient (Wildman–Crippen LogP) is -0.332. The molecule has 0 amide bonds. The fourth-order valence-corrected chi connectivity index (χ4v) is 1.27. The summed E-state index contributed by atoms with van der Waals surface area (Å²) in [5, 5.41) is 7.00. The van der Waals surface area contributed by atoms with E-state index in [0.717, 1.165) is 19.7 Å². The van der Waals surface area contributed by atoms with E-state index in [1.54, 1.807) is 0 Å². The van der Waals surface area contributed by atoms with Gasteiger partial charge in [0.05, 0.1) is 12.5 Å². The summed E-state index contributed by atoms with van der Waals surface area (Å²) in [6.07, 6.45) is 1.36. The molecular weight excluding hydrogens is 218 g/mol. The first kappa shape index (κ1) is 13.9. The van der Waals surface area contributed by atoms with Crippen LogP contribution in [-0.4, -0.2) is 40.5 Å². The van der Waals surface area contributed by atoms with Crippen LogP contribution in [0.25, 0.3) is 0 Å². The number of thioether (sulfide) groups is 1. The summed E-state index contributed by atoms with van der Waals surface area (Å²) in [4.78, 5) is 15.9. The van der Waals surface area contributed by atoms with Crippen molar-refractivity contribution in [3.8, 4) is 0 Å². The van der Waals surface area contributed by atoms with Crippen molar-refractivity contribution in [2.24, 2.45) is 0 Å². The smallest absolute Gasteiger partial charge is 0.346 e. The molecule has 1 aliphatic rings. The summed E-state index contributed by atoms with van der Waals surface area (Å²) in [6, 6.07) is 1.52. The summed E-state index contributed by atoms with van der Waals surface area (Å²) in [6.45, 7) is 0.963. The molecule has 2 heterocycles. The molecule has 15 heavy (non-hydrogen) atoms. The van der Waals surface area contributed by atoms with Crippen LogP contribution >= 0.6 is 11.8 Å². The summed E-state index contributed by atoms with van der Waals surface area (Å²) in [5.74, 6) is 2.45. The van der Waals surface area contributed by atoms with Crippen LogP contribution in [0.15, 0.2) is 17.1 Å². The molecule has 1 aromatic rings.